The van der Waals surface area contributed by atoms with E-state index in [4.69, 9.17) is 0 Å². The van der Waals surface area contributed by atoms with Crippen molar-refractivity contribution in [3.8, 4) is 0 Å². The van der Waals surface area contributed by atoms with Crippen LogP contribution in [0.25, 0.3) is 0 Å². The van der Waals surface area contributed by atoms with Crippen LogP contribution in [0.4, 0.5) is 0 Å². The molecule has 0 saturated carbocycles. The van der Waals surface area contributed by atoms with Gasteiger partial charge >= 0.3 is 0 Å². The van der Waals surface area contributed by atoms with E-state index in [0.717, 1.165) is 74.8 Å². The molecular weight excluding hydrogens is 480 g/mol. The zero-order valence-corrected chi connectivity index (χ0v) is 25.1. The number of aryl methyl sites for hydroxylation is 1. The van der Waals surface area contributed by atoms with Crippen molar-refractivity contribution in [3.05, 3.63) is 70.8 Å². The van der Waals surface area contributed by atoms with Crippen LogP contribution in [0.1, 0.15) is 124 Å². The van der Waals surface area contributed by atoms with Crippen LogP contribution in [-0.2, 0) is 13.0 Å². The summed E-state index contributed by atoms with van der Waals surface area (Å²) in [5.41, 5.74) is 3.96. The highest BCUT2D eigenvalue weighted by Gasteiger charge is 2.29. The first-order chi connectivity index (χ1) is 18.9. The smallest absolute Gasteiger partial charge is 0.254 e. The van der Waals surface area contributed by atoms with Crippen LogP contribution in [0.15, 0.2) is 48.5 Å². The highest BCUT2D eigenvalue weighted by atomic mass is 16.2. The Kier molecular flexibility index (Phi) is 13.2. The van der Waals surface area contributed by atoms with Gasteiger partial charge in [0, 0.05) is 43.2 Å². The number of amides is 1. The van der Waals surface area contributed by atoms with Gasteiger partial charge in [0.2, 0.25) is 0 Å². The summed E-state index contributed by atoms with van der Waals surface area (Å²) >= 11 is 0. The summed E-state index contributed by atoms with van der Waals surface area (Å²) < 4.78 is 0. The molecule has 1 aliphatic rings. The van der Waals surface area contributed by atoms with Crippen LogP contribution in [0.2, 0.25) is 0 Å². The standard InChI is InChI=1S/C35H52N2O2/c1-5-7-9-11-29-13-19-32(20-14-29)35(39)37(33-22-25-36(26-23-33)24-21-28(3)4)27-30-15-17-31(18-16-30)34(38)12-10-8-6-2/h13-20,28,33H,5-12,21-27H2,1-4H3. The van der Waals surface area contributed by atoms with Gasteiger partial charge in [0.25, 0.3) is 5.91 Å². The molecule has 1 saturated heterocycles. The van der Waals surface area contributed by atoms with Crippen LogP contribution in [-0.4, -0.2) is 47.2 Å². The van der Waals surface area contributed by atoms with E-state index in [1.165, 1.54) is 31.2 Å². The normalized spacial score (nSPS) is 14.6. The third-order valence-electron chi connectivity index (χ3n) is 8.19. The second kappa shape index (κ2) is 16.6. The summed E-state index contributed by atoms with van der Waals surface area (Å²) in [5, 5.41) is 0. The molecule has 39 heavy (non-hydrogen) atoms. The predicted octanol–water partition coefficient (Wildman–Crippen LogP) is 8.34. The molecule has 1 fully saturated rings. The number of carbonyl (C=O) groups excluding carboxylic acids is 2. The summed E-state index contributed by atoms with van der Waals surface area (Å²) in [7, 11) is 0. The van der Waals surface area contributed by atoms with Gasteiger partial charge < -0.3 is 9.80 Å². The second-order valence-electron chi connectivity index (χ2n) is 11.9. The molecule has 0 aliphatic carbocycles. The van der Waals surface area contributed by atoms with E-state index in [1.807, 2.05) is 36.4 Å². The lowest BCUT2D eigenvalue weighted by molar-refractivity contribution is 0.0546. The number of hydrogen-bond acceptors (Lipinski definition) is 3. The van der Waals surface area contributed by atoms with E-state index < -0.39 is 0 Å². The highest BCUT2D eigenvalue weighted by molar-refractivity contribution is 5.96. The van der Waals surface area contributed by atoms with E-state index in [9.17, 15) is 9.59 Å². The SMILES string of the molecule is CCCCCC(=O)c1ccc(CN(C(=O)c2ccc(CCCCC)cc2)C2CCN(CCC(C)C)CC2)cc1. The molecule has 4 nitrogen and oxygen atoms in total. The number of rotatable bonds is 16. The Balaban J connectivity index is 1.71. The number of likely N-dealkylation sites (tertiary alicyclic amines) is 1. The minimum absolute atomic E-state index is 0.121. The molecule has 214 valence electrons. The largest absolute Gasteiger partial charge is 0.331 e. The summed E-state index contributed by atoms with van der Waals surface area (Å²) in [6, 6.07) is 16.5. The Morgan fingerprint density at radius 2 is 1.41 bits per heavy atom. The van der Waals surface area contributed by atoms with Crippen molar-refractivity contribution < 1.29 is 9.59 Å². The molecule has 0 unspecified atom stereocenters. The van der Waals surface area contributed by atoms with Crippen LogP contribution in [0, 0.1) is 5.92 Å². The molecule has 1 aliphatic heterocycles. The summed E-state index contributed by atoms with van der Waals surface area (Å²) in [5.74, 6) is 1.05. The average Bonchev–Trinajstić information content (AvgIpc) is 2.96. The molecule has 1 amide bonds. The van der Waals surface area contributed by atoms with Crippen molar-refractivity contribution in [2.45, 2.75) is 111 Å². The van der Waals surface area contributed by atoms with E-state index >= 15 is 0 Å². The molecule has 0 spiro atoms. The molecule has 4 heteroatoms. The molecule has 2 aromatic carbocycles. The minimum atomic E-state index is 0.121. The van der Waals surface area contributed by atoms with Crippen LogP contribution >= 0.6 is 0 Å². The first kappa shape index (κ1) is 31.1. The Labute approximate surface area is 238 Å². The number of hydrogen-bond donors (Lipinski definition) is 0. The number of ketones is 1. The maximum Gasteiger partial charge on any atom is 0.254 e. The van der Waals surface area contributed by atoms with Crippen molar-refractivity contribution in [1.82, 2.24) is 9.80 Å². The molecule has 2 aromatic rings. The fourth-order valence-electron chi connectivity index (χ4n) is 5.49. The number of nitrogens with zero attached hydrogens (tertiary/aromatic N) is 2. The third-order valence-corrected chi connectivity index (χ3v) is 8.19. The highest BCUT2D eigenvalue weighted by Crippen LogP contribution is 2.23. The van der Waals surface area contributed by atoms with Crippen molar-refractivity contribution in [2.75, 3.05) is 19.6 Å². The molecule has 0 bridgehead atoms. The number of carbonyl (C=O) groups is 2. The van der Waals surface area contributed by atoms with Crippen molar-refractivity contribution in [1.29, 1.82) is 0 Å². The fraction of sp³-hybridized carbons (Fsp3) is 0.600. The number of unbranched alkanes of at least 4 members (excludes halogenated alkanes) is 4. The Bertz CT molecular complexity index is 988. The van der Waals surface area contributed by atoms with Crippen LogP contribution in [0.5, 0.6) is 0 Å². The average molecular weight is 533 g/mol. The molecule has 0 N–H and O–H groups in total. The van der Waals surface area contributed by atoms with Crippen molar-refractivity contribution in [2.24, 2.45) is 5.92 Å². The van der Waals surface area contributed by atoms with Gasteiger partial charge in [-0.1, -0.05) is 89.8 Å². The van der Waals surface area contributed by atoms with E-state index in [-0.39, 0.29) is 17.7 Å². The predicted molar refractivity (Wildman–Crippen MR) is 163 cm³/mol. The van der Waals surface area contributed by atoms with E-state index in [2.05, 4.69) is 49.6 Å². The summed E-state index contributed by atoms with van der Waals surface area (Å²) in [6.07, 6.45) is 11.7. The molecule has 0 radical (unpaired) electrons. The molecular formula is C35H52N2O2. The van der Waals surface area contributed by atoms with E-state index in [0.29, 0.717) is 18.9 Å². The van der Waals surface area contributed by atoms with Gasteiger partial charge in [-0.3, -0.25) is 9.59 Å². The van der Waals surface area contributed by atoms with Gasteiger partial charge in [0.1, 0.15) is 0 Å². The maximum atomic E-state index is 13.9. The molecule has 3 rings (SSSR count). The topological polar surface area (TPSA) is 40.6 Å². The number of Topliss-reactive ketones (excluding diaryl/α,β-unsaturated/α-hetero) is 1. The summed E-state index contributed by atoms with van der Waals surface area (Å²) in [6.45, 7) is 12.8. The second-order valence-corrected chi connectivity index (χ2v) is 11.9. The van der Waals surface area contributed by atoms with Gasteiger partial charge in [-0.2, -0.15) is 0 Å². The van der Waals surface area contributed by atoms with Gasteiger partial charge in [-0.25, -0.2) is 0 Å². The Morgan fingerprint density at radius 1 is 0.821 bits per heavy atom. The molecule has 1 heterocycles. The lowest BCUT2D eigenvalue weighted by Crippen LogP contribution is -2.47. The van der Waals surface area contributed by atoms with Crippen LogP contribution < -0.4 is 0 Å². The zero-order valence-electron chi connectivity index (χ0n) is 25.1. The van der Waals surface area contributed by atoms with Gasteiger partial charge in [0.05, 0.1) is 0 Å². The minimum Gasteiger partial charge on any atom is -0.331 e. The van der Waals surface area contributed by atoms with Gasteiger partial charge in [-0.15, -0.1) is 0 Å². The Morgan fingerprint density at radius 3 is 2.03 bits per heavy atom. The zero-order chi connectivity index (χ0) is 28.0. The lowest BCUT2D eigenvalue weighted by Gasteiger charge is -2.39. The summed E-state index contributed by atoms with van der Waals surface area (Å²) in [4.78, 5) is 31.1. The van der Waals surface area contributed by atoms with Gasteiger partial charge in [-0.05, 0) is 74.2 Å². The maximum absolute atomic E-state index is 13.9. The third kappa shape index (κ3) is 10.2. The first-order valence-corrected chi connectivity index (χ1v) is 15.7. The number of piperidine rings is 1. The van der Waals surface area contributed by atoms with Crippen LogP contribution in [0.3, 0.4) is 0 Å². The number of benzene rings is 2. The lowest BCUT2D eigenvalue weighted by atomic mass is 9.98. The quantitative estimate of drug-likeness (QED) is 0.161. The first-order valence-electron chi connectivity index (χ1n) is 15.7. The molecule has 0 aromatic heterocycles. The van der Waals surface area contributed by atoms with E-state index in [1.54, 1.807) is 0 Å². The monoisotopic (exact) mass is 532 g/mol. The van der Waals surface area contributed by atoms with Crippen molar-refractivity contribution >= 4 is 11.7 Å². The van der Waals surface area contributed by atoms with Gasteiger partial charge in [0.15, 0.2) is 5.78 Å². The van der Waals surface area contributed by atoms with Crippen molar-refractivity contribution in [3.63, 3.8) is 0 Å². The molecule has 0 atom stereocenters. The fourth-order valence-corrected chi connectivity index (χ4v) is 5.49. The Hall–Kier alpha value is -2.46.